The Labute approximate surface area is 281 Å². The van der Waals surface area contributed by atoms with Gasteiger partial charge in [0.15, 0.2) is 6.29 Å². The van der Waals surface area contributed by atoms with Gasteiger partial charge >= 0.3 is 5.97 Å². The lowest BCUT2D eigenvalue weighted by atomic mass is 9.41. The number of ether oxygens (including phenoxy) is 4. The van der Waals surface area contributed by atoms with E-state index in [0.717, 1.165) is 25.7 Å². The van der Waals surface area contributed by atoms with Crippen LogP contribution < -0.4 is 0 Å². The van der Waals surface area contributed by atoms with Gasteiger partial charge in [-0.2, -0.15) is 0 Å². The van der Waals surface area contributed by atoms with Crippen LogP contribution in [-0.4, -0.2) is 79.4 Å². The van der Waals surface area contributed by atoms with Crippen LogP contribution in [0.3, 0.4) is 0 Å². The Hall–Kier alpha value is -1.48. The maximum absolute atomic E-state index is 12.9. The molecule has 8 nitrogen and oxygen atoms in total. The zero-order valence-corrected chi connectivity index (χ0v) is 29.7. The van der Waals surface area contributed by atoms with Crippen molar-refractivity contribution >= 4 is 11.9 Å². The average molecular weight is 654 g/mol. The molecule has 1 amide bonds. The van der Waals surface area contributed by atoms with Gasteiger partial charge in [0.05, 0.1) is 44.7 Å². The van der Waals surface area contributed by atoms with E-state index in [1.165, 1.54) is 51.7 Å². The Morgan fingerprint density at radius 1 is 1.00 bits per heavy atom. The zero-order chi connectivity index (χ0) is 33.1. The highest BCUT2D eigenvalue weighted by molar-refractivity contribution is 5.81. The fourth-order valence-corrected chi connectivity index (χ4v) is 13.7. The van der Waals surface area contributed by atoms with Crippen molar-refractivity contribution in [2.75, 3.05) is 26.8 Å². The van der Waals surface area contributed by atoms with Crippen LogP contribution in [0, 0.1) is 56.7 Å². The van der Waals surface area contributed by atoms with Gasteiger partial charge in [0, 0.05) is 24.5 Å². The molecule has 47 heavy (non-hydrogen) atoms. The minimum Gasteiger partial charge on any atom is -0.466 e. The number of rotatable bonds is 6. The van der Waals surface area contributed by atoms with E-state index in [2.05, 4.69) is 34.6 Å². The fourth-order valence-electron chi connectivity index (χ4n) is 13.7. The number of morpholine rings is 1. The minimum atomic E-state index is -0.521. The second-order valence-electron chi connectivity index (χ2n) is 18.3. The molecule has 2 heterocycles. The SMILES string of the molecule is COC(=O)/C=C/[C@H]1C[C@@H](C)C2[C@H](O1)[C@H](O)[C@@]1(C)[C@@H]3CC[C@H]4C(C)(C)C(OC5CN(C(=O)CC6CC6)CCO5)CCC45C[C@@]35CC[C@]21C. The molecule has 0 bridgehead atoms. The molecular weight excluding hydrogens is 594 g/mol. The molecule has 262 valence electrons. The highest BCUT2D eigenvalue weighted by Gasteiger charge is 2.84. The van der Waals surface area contributed by atoms with Gasteiger partial charge in [-0.1, -0.05) is 34.6 Å². The lowest BCUT2D eigenvalue weighted by Crippen LogP contribution is -2.60. The van der Waals surface area contributed by atoms with Gasteiger partial charge in [-0.05, 0) is 122 Å². The summed E-state index contributed by atoms with van der Waals surface area (Å²) in [7, 11) is 1.40. The molecule has 2 spiro atoms. The third kappa shape index (κ3) is 4.58. The van der Waals surface area contributed by atoms with Crippen LogP contribution in [0.4, 0.5) is 0 Å². The van der Waals surface area contributed by atoms with Crippen molar-refractivity contribution in [1.29, 1.82) is 0 Å². The molecule has 6 saturated carbocycles. The first-order valence-corrected chi connectivity index (χ1v) is 19.0. The van der Waals surface area contributed by atoms with E-state index in [1.54, 1.807) is 0 Å². The Bertz CT molecular complexity index is 1310. The van der Waals surface area contributed by atoms with Crippen LogP contribution in [0.2, 0.25) is 0 Å². The molecule has 4 unspecified atom stereocenters. The summed E-state index contributed by atoms with van der Waals surface area (Å²) >= 11 is 0. The number of aliphatic hydroxyl groups excluding tert-OH is 1. The molecule has 2 saturated heterocycles. The van der Waals surface area contributed by atoms with Crippen molar-refractivity contribution in [2.24, 2.45) is 56.7 Å². The second kappa shape index (κ2) is 11.0. The van der Waals surface area contributed by atoms with E-state index < -0.39 is 6.10 Å². The van der Waals surface area contributed by atoms with E-state index in [-0.39, 0.29) is 58.1 Å². The number of fused-ring (bicyclic) bond motifs is 4. The zero-order valence-electron chi connectivity index (χ0n) is 29.7. The predicted octanol–water partition coefficient (Wildman–Crippen LogP) is 5.90. The monoisotopic (exact) mass is 653 g/mol. The van der Waals surface area contributed by atoms with Gasteiger partial charge in [-0.3, -0.25) is 4.79 Å². The van der Waals surface area contributed by atoms with E-state index in [4.69, 9.17) is 18.9 Å². The molecule has 0 aromatic carbocycles. The summed E-state index contributed by atoms with van der Waals surface area (Å²) in [6.45, 7) is 13.9. The van der Waals surface area contributed by atoms with E-state index in [9.17, 15) is 14.7 Å². The van der Waals surface area contributed by atoms with Gasteiger partial charge in [-0.15, -0.1) is 0 Å². The molecule has 0 aromatic rings. The summed E-state index contributed by atoms with van der Waals surface area (Å²) in [6.07, 6.45) is 14.3. The summed E-state index contributed by atoms with van der Waals surface area (Å²) in [6, 6.07) is 0. The number of amides is 1. The second-order valence-corrected chi connectivity index (χ2v) is 18.3. The molecule has 1 N–H and O–H groups in total. The molecule has 8 aliphatic rings. The number of carbonyl (C=O) groups excluding carboxylic acids is 2. The smallest absolute Gasteiger partial charge is 0.330 e. The van der Waals surface area contributed by atoms with Crippen LogP contribution >= 0.6 is 0 Å². The van der Waals surface area contributed by atoms with Gasteiger partial charge in [-0.25, -0.2) is 4.79 Å². The Morgan fingerprint density at radius 2 is 1.74 bits per heavy atom. The fraction of sp³-hybridized carbons (Fsp3) is 0.897. The standard InChI is InChI=1S/C39H59NO7/c1-23-19-25(9-12-30(42)44-6)46-33-32(23)36(4)15-16-39-22-38(39)14-13-28(35(2,3)26(38)10-11-27(39)37(36,5)34(33)43)47-31-21-40(17-18-45-31)29(41)20-24-7-8-24/h9,12,23-28,31-34,43H,7-8,10-11,13-22H2,1-6H3/b12-9+/t23-,25+,26+,27+,28?,31?,32?,33+,34+,36-,37-,38?,39+/m1/s1. The lowest BCUT2D eigenvalue weighted by molar-refractivity contribution is -0.248. The van der Waals surface area contributed by atoms with Crippen molar-refractivity contribution in [3.05, 3.63) is 12.2 Å². The molecular formula is C39H59NO7. The number of methoxy groups -OCH3 is 1. The molecule has 8 heteroatoms. The Morgan fingerprint density at radius 3 is 2.49 bits per heavy atom. The first-order valence-electron chi connectivity index (χ1n) is 19.0. The summed E-state index contributed by atoms with van der Waals surface area (Å²) in [5.74, 6) is 2.26. The molecule has 0 aromatic heterocycles. The van der Waals surface area contributed by atoms with E-state index in [1.807, 2.05) is 11.0 Å². The Balaban J connectivity index is 0.997. The normalized spacial score (nSPS) is 51.3. The maximum Gasteiger partial charge on any atom is 0.330 e. The third-order valence-corrected chi connectivity index (χ3v) is 16.3. The van der Waals surface area contributed by atoms with Crippen LogP contribution in [0.1, 0.15) is 105 Å². The summed E-state index contributed by atoms with van der Waals surface area (Å²) in [5, 5.41) is 12.4. The highest BCUT2D eigenvalue weighted by atomic mass is 16.7. The van der Waals surface area contributed by atoms with Crippen LogP contribution in [0.25, 0.3) is 0 Å². The third-order valence-electron chi connectivity index (χ3n) is 16.3. The average Bonchev–Trinajstić information content (AvgIpc) is 3.96. The Kier molecular flexibility index (Phi) is 7.66. The first-order chi connectivity index (χ1) is 22.3. The molecule has 8 rings (SSSR count). The number of hydrogen-bond donors (Lipinski definition) is 1. The van der Waals surface area contributed by atoms with Gasteiger partial charge < -0.3 is 29.0 Å². The molecule has 13 atom stereocenters. The predicted molar refractivity (Wildman–Crippen MR) is 176 cm³/mol. The molecule has 2 aliphatic heterocycles. The number of esters is 1. The van der Waals surface area contributed by atoms with Crippen molar-refractivity contribution in [3.8, 4) is 0 Å². The number of hydrogen-bond acceptors (Lipinski definition) is 7. The van der Waals surface area contributed by atoms with Gasteiger partial charge in [0.1, 0.15) is 0 Å². The number of nitrogens with zero attached hydrogens (tertiary/aromatic N) is 1. The van der Waals surface area contributed by atoms with Crippen LogP contribution in [0.15, 0.2) is 12.2 Å². The van der Waals surface area contributed by atoms with Crippen molar-refractivity contribution < 1.29 is 33.6 Å². The largest absolute Gasteiger partial charge is 0.466 e. The van der Waals surface area contributed by atoms with Crippen molar-refractivity contribution in [3.63, 3.8) is 0 Å². The summed E-state index contributed by atoms with van der Waals surface area (Å²) < 4.78 is 24.5. The first kappa shape index (κ1) is 32.7. The topological polar surface area (TPSA) is 94.5 Å². The summed E-state index contributed by atoms with van der Waals surface area (Å²) in [5.41, 5.74) is 0.402. The van der Waals surface area contributed by atoms with Gasteiger partial charge in [0.2, 0.25) is 5.91 Å². The van der Waals surface area contributed by atoms with Crippen molar-refractivity contribution in [1.82, 2.24) is 4.90 Å². The number of aliphatic hydroxyl groups is 1. The highest BCUT2D eigenvalue weighted by Crippen LogP contribution is 2.89. The molecule has 8 fully saturated rings. The van der Waals surface area contributed by atoms with E-state index >= 15 is 0 Å². The molecule has 6 aliphatic carbocycles. The molecule has 0 radical (unpaired) electrons. The summed E-state index contributed by atoms with van der Waals surface area (Å²) in [4.78, 5) is 26.7. The van der Waals surface area contributed by atoms with Crippen LogP contribution in [0.5, 0.6) is 0 Å². The number of carbonyl (C=O) groups is 2. The minimum absolute atomic E-state index is 0.0109. The lowest BCUT2D eigenvalue weighted by Gasteiger charge is -2.63. The quantitative estimate of drug-likeness (QED) is 0.282. The maximum atomic E-state index is 12.9. The van der Waals surface area contributed by atoms with Gasteiger partial charge in [0.25, 0.3) is 0 Å². The van der Waals surface area contributed by atoms with Crippen LogP contribution in [-0.2, 0) is 28.5 Å². The van der Waals surface area contributed by atoms with E-state index in [0.29, 0.717) is 61.1 Å². The van der Waals surface area contributed by atoms with Crippen molar-refractivity contribution in [2.45, 2.75) is 136 Å².